The molecule has 0 heterocycles. The molecule has 0 saturated carbocycles. The molecule has 0 aromatic heterocycles. The van der Waals surface area contributed by atoms with E-state index in [1.807, 2.05) is 0 Å². The van der Waals surface area contributed by atoms with Crippen LogP contribution in [0, 0.1) is 0 Å². The highest BCUT2D eigenvalue weighted by molar-refractivity contribution is 7.90. The highest BCUT2D eigenvalue weighted by Crippen LogP contribution is 2.38. The number of amides is 1. The molecule has 0 radical (unpaired) electrons. The molecule has 0 unspecified atom stereocenters. The van der Waals surface area contributed by atoms with E-state index in [9.17, 15) is 13.2 Å². The molecule has 0 aliphatic heterocycles. The number of methoxy groups -OCH3 is 3. The first-order valence-electron chi connectivity index (χ1n) is 7.87. The van der Waals surface area contributed by atoms with Crippen LogP contribution in [0.4, 0.5) is 5.69 Å². The van der Waals surface area contributed by atoms with E-state index in [0.717, 1.165) is 6.26 Å². The fourth-order valence-electron chi connectivity index (χ4n) is 2.34. The van der Waals surface area contributed by atoms with Crippen molar-refractivity contribution in [2.75, 3.05) is 32.9 Å². The number of hydrogen-bond acceptors (Lipinski definition) is 6. The largest absolute Gasteiger partial charge is 0.493 e. The summed E-state index contributed by atoms with van der Waals surface area (Å²) in [6, 6.07) is 9.36. The zero-order valence-corrected chi connectivity index (χ0v) is 16.3. The SMILES string of the molecule is COc1cc(/C=C/C(=O)Nc2ccc(S(C)(=O)=O)cc2)cc(OC)c1OC. The molecule has 0 fully saturated rings. The summed E-state index contributed by atoms with van der Waals surface area (Å²) in [6.07, 6.45) is 4.08. The van der Waals surface area contributed by atoms with Gasteiger partial charge in [0.1, 0.15) is 0 Å². The molecule has 7 nitrogen and oxygen atoms in total. The van der Waals surface area contributed by atoms with Crippen LogP contribution in [0.3, 0.4) is 0 Å². The predicted octanol–water partition coefficient (Wildman–Crippen LogP) is 2.77. The quantitative estimate of drug-likeness (QED) is 0.730. The van der Waals surface area contributed by atoms with Crippen molar-refractivity contribution in [3.8, 4) is 17.2 Å². The van der Waals surface area contributed by atoms with E-state index in [-0.39, 0.29) is 10.8 Å². The van der Waals surface area contributed by atoms with Gasteiger partial charge in [0.05, 0.1) is 26.2 Å². The highest BCUT2D eigenvalue weighted by Gasteiger charge is 2.12. The first-order chi connectivity index (χ1) is 12.8. The maximum Gasteiger partial charge on any atom is 0.248 e. The first kappa shape index (κ1) is 20.3. The third-order valence-corrected chi connectivity index (χ3v) is 4.79. The number of nitrogens with one attached hydrogen (secondary N) is 1. The summed E-state index contributed by atoms with van der Waals surface area (Å²) in [5.74, 6) is 1.06. The van der Waals surface area contributed by atoms with Gasteiger partial charge in [-0.1, -0.05) is 0 Å². The Morgan fingerprint density at radius 3 is 1.96 bits per heavy atom. The minimum Gasteiger partial charge on any atom is -0.493 e. The van der Waals surface area contributed by atoms with Gasteiger partial charge in [-0.3, -0.25) is 4.79 Å². The molecular formula is C19H21NO6S. The Morgan fingerprint density at radius 1 is 0.963 bits per heavy atom. The Hall–Kier alpha value is -3.00. The number of anilines is 1. The molecule has 2 rings (SSSR count). The number of carbonyl (C=O) groups excluding carboxylic acids is 1. The van der Waals surface area contributed by atoms with Crippen molar-refractivity contribution in [2.45, 2.75) is 4.90 Å². The molecular weight excluding hydrogens is 370 g/mol. The lowest BCUT2D eigenvalue weighted by atomic mass is 10.1. The minimum absolute atomic E-state index is 0.188. The summed E-state index contributed by atoms with van der Waals surface area (Å²) in [5, 5.41) is 2.66. The molecule has 1 amide bonds. The monoisotopic (exact) mass is 391 g/mol. The third-order valence-electron chi connectivity index (χ3n) is 3.66. The van der Waals surface area contributed by atoms with Gasteiger partial charge in [-0.15, -0.1) is 0 Å². The van der Waals surface area contributed by atoms with Gasteiger partial charge in [0.15, 0.2) is 21.3 Å². The number of ether oxygens (including phenoxy) is 3. The lowest BCUT2D eigenvalue weighted by molar-refractivity contribution is -0.111. The number of rotatable bonds is 7. The molecule has 1 N–H and O–H groups in total. The van der Waals surface area contributed by atoms with Crippen molar-refractivity contribution in [3.05, 3.63) is 48.0 Å². The number of carbonyl (C=O) groups is 1. The highest BCUT2D eigenvalue weighted by atomic mass is 32.2. The van der Waals surface area contributed by atoms with Crippen LogP contribution in [-0.4, -0.2) is 41.9 Å². The van der Waals surface area contributed by atoms with Crippen molar-refractivity contribution in [1.29, 1.82) is 0 Å². The number of benzene rings is 2. The maximum absolute atomic E-state index is 12.1. The van der Waals surface area contributed by atoms with Gasteiger partial charge in [0.2, 0.25) is 11.7 Å². The average Bonchev–Trinajstić information content (AvgIpc) is 2.65. The summed E-state index contributed by atoms with van der Waals surface area (Å²) >= 11 is 0. The molecule has 0 atom stereocenters. The maximum atomic E-state index is 12.1. The summed E-state index contributed by atoms with van der Waals surface area (Å²) in [5.41, 5.74) is 1.18. The van der Waals surface area contributed by atoms with Crippen LogP contribution in [0.5, 0.6) is 17.2 Å². The molecule has 0 bridgehead atoms. The number of hydrogen-bond donors (Lipinski definition) is 1. The number of sulfone groups is 1. The summed E-state index contributed by atoms with van der Waals surface area (Å²) in [4.78, 5) is 12.3. The first-order valence-corrected chi connectivity index (χ1v) is 9.77. The van der Waals surface area contributed by atoms with Crippen LogP contribution < -0.4 is 19.5 Å². The van der Waals surface area contributed by atoms with Crippen LogP contribution in [0.2, 0.25) is 0 Å². The smallest absolute Gasteiger partial charge is 0.248 e. The molecule has 8 heteroatoms. The van der Waals surface area contributed by atoms with Gasteiger partial charge < -0.3 is 19.5 Å². The van der Waals surface area contributed by atoms with E-state index in [0.29, 0.717) is 28.5 Å². The molecule has 2 aromatic carbocycles. The average molecular weight is 391 g/mol. The van der Waals surface area contributed by atoms with Gasteiger partial charge in [0.25, 0.3) is 0 Å². The second kappa shape index (κ2) is 8.59. The van der Waals surface area contributed by atoms with E-state index >= 15 is 0 Å². The minimum atomic E-state index is -3.27. The molecule has 144 valence electrons. The van der Waals surface area contributed by atoms with Gasteiger partial charge in [-0.25, -0.2) is 8.42 Å². The second-order valence-corrected chi connectivity index (χ2v) is 7.59. The lowest BCUT2D eigenvalue weighted by Crippen LogP contribution is -2.08. The summed E-state index contributed by atoms with van der Waals surface area (Å²) in [6.45, 7) is 0. The summed E-state index contributed by atoms with van der Waals surface area (Å²) < 4.78 is 38.7. The van der Waals surface area contributed by atoms with Crippen molar-refractivity contribution in [3.63, 3.8) is 0 Å². The Balaban J connectivity index is 2.14. The van der Waals surface area contributed by atoms with Crippen LogP contribution >= 0.6 is 0 Å². The predicted molar refractivity (Wildman–Crippen MR) is 103 cm³/mol. The fraction of sp³-hybridized carbons (Fsp3) is 0.211. The third kappa shape index (κ3) is 5.24. The van der Waals surface area contributed by atoms with Gasteiger partial charge >= 0.3 is 0 Å². The van der Waals surface area contributed by atoms with E-state index in [4.69, 9.17) is 14.2 Å². The Bertz CT molecular complexity index is 924. The Morgan fingerprint density at radius 2 is 1.52 bits per heavy atom. The summed E-state index contributed by atoms with van der Waals surface area (Å²) in [7, 11) is 1.26. The second-order valence-electron chi connectivity index (χ2n) is 5.58. The topological polar surface area (TPSA) is 90.9 Å². The molecule has 0 spiro atoms. The zero-order chi connectivity index (χ0) is 20.0. The van der Waals surface area contributed by atoms with Crippen molar-refractivity contribution >= 4 is 27.5 Å². The van der Waals surface area contributed by atoms with Crippen LogP contribution in [0.15, 0.2) is 47.4 Å². The Kier molecular flexibility index (Phi) is 6.46. The molecule has 0 aliphatic rings. The van der Waals surface area contributed by atoms with E-state index in [2.05, 4.69) is 5.32 Å². The Labute approximate surface area is 158 Å². The van der Waals surface area contributed by atoms with Crippen molar-refractivity contribution in [2.24, 2.45) is 0 Å². The molecule has 0 aliphatic carbocycles. The van der Waals surface area contributed by atoms with Crippen molar-refractivity contribution in [1.82, 2.24) is 0 Å². The standard InChI is InChI=1S/C19H21NO6S/c1-24-16-11-13(12-17(25-2)19(16)26-3)5-10-18(21)20-14-6-8-15(9-7-14)27(4,22)23/h5-12H,1-4H3,(H,20,21)/b10-5+. The van der Waals surface area contributed by atoms with Crippen LogP contribution in [0.25, 0.3) is 6.08 Å². The molecule has 0 saturated heterocycles. The van der Waals surface area contributed by atoms with Gasteiger partial charge in [0, 0.05) is 18.0 Å². The fourth-order valence-corrected chi connectivity index (χ4v) is 2.97. The van der Waals surface area contributed by atoms with Gasteiger partial charge in [-0.2, -0.15) is 0 Å². The van der Waals surface area contributed by atoms with Crippen LogP contribution in [-0.2, 0) is 14.6 Å². The van der Waals surface area contributed by atoms with E-state index in [1.165, 1.54) is 51.7 Å². The van der Waals surface area contributed by atoms with Crippen molar-refractivity contribution < 1.29 is 27.4 Å². The molecule has 2 aromatic rings. The zero-order valence-electron chi connectivity index (χ0n) is 15.5. The van der Waals surface area contributed by atoms with Crippen LogP contribution in [0.1, 0.15) is 5.56 Å². The van der Waals surface area contributed by atoms with E-state index in [1.54, 1.807) is 18.2 Å². The molecule has 27 heavy (non-hydrogen) atoms. The van der Waals surface area contributed by atoms with E-state index < -0.39 is 9.84 Å². The lowest BCUT2D eigenvalue weighted by Gasteiger charge is -2.12. The van der Waals surface area contributed by atoms with Gasteiger partial charge in [-0.05, 0) is 48.0 Å². The normalized spacial score (nSPS) is 11.3.